The molecule has 5 nitrogen and oxygen atoms in total. The van der Waals surface area contributed by atoms with Gasteiger partial charge >= 0.3 is 0 Å². The van der Waals surface area contributed by atoms with Gasteiger partial charge in [-0.25, -0.2) is 0 Å². The number of aliphatic hydroxyl groups is 1. The van der Waals surface area contributed by atoms with E-state index < -0.39 is 0 Å². The van der Waals surface area contributed by atoms with Crippen LogP contribution in [-0.4, -0.2) is 33.4 Å². The highest BCUT2D eigenvalue weighted by Gasteiger charge is 2.20. The molecule has 2 aromatic heterocycles. The zero-order valence-electron chi connectivity index (χ0n) is 13.2. The molecule has 6 heteroatoms. The molecule has 0 radical (unpaired) electrons. The van der Waals surface area contributed by atoms with Crippen molar-refractivity contribution in [3.63, 3.8) is 0 Å². The second-order valence-electron chi connectivity index (χ2n) is 5.92. The van der Waals surface area contributed by atoms with Gasteiger partial charge in [-0.3, -0.25) is 9.48 Å². The Bertz CT molecular complexity index is 645. The van der Waals surface area contributed by atoms with Crippen LogP contribution in [0, 0.1) is 5.92 Å². The summed E-state index contributed by atoms with van der Waals surface area (Å²) in [5, 5.41) is 17.7. The van der Waals surface area contributed by atoms with Crippen molar-refractivity contribution in [1.29, 1.82) is 0 Å². The Kier molecular flexibility index (Phi) is 4.68. The summed E-state index contributed by atoms with van der Waals surface area (Å²) in [5.74, 6) is 0.280. The minimum Gasteiger partial charge on any atom is -0.396 e. The molecule has 0 aromatic carbocycles. The van der Waals surface area contributed by atoms with Crippen molar-refractivity contribution in [1.82, 2.24) is 15.1 Å². The standard InChI is InChI=1S/C15H23N3O2S/c1-8(2)13-11-6-12(21-15(11)18(5)17-13)14(20)16-10(4)9(3)7-19/h6,8-10,19H,7H2,1-5H3,(H,16,20). The van der Waals surface area contributed by atoms with Gasteiger partial charge in [-0.2, -0.15) is 5.10 Å². The first-order valence-corrected chi connectivity index (χ1v) is 8.05. The summed E-state index contributed by atoms with van der Waals surface area (Å²) >= 11 is 1.46. The van der Waals surface area contributed by atoms with Gasteiger partial charge in [0.15, 0.2) is 0 Å². The highest BCUT2D eigenvalue weighted by molar-refractivity contribution is 7.20. The van der Waals surface area contributed by atoms with Crippen LogP contribution in [0.25, 0.3) is 10.2 Å². The Morgan fingerprint density at radius 2 is 2.10 bits per heavy atom. The fourth-order valence-corrected chi connectivity index (χ4v) is 3.17. The van der Waals surface area contributed by atoms with Gasteiger partial charge in [-0.15, -0.1) is 11.3 Å². The average molecular weight is 309 g/mol. The smallest absolute Gasteiger partial charge is 0.261 e. The molecule has 1 amide bonds. The van der Waals surface area contributed by atoms with E-state index >= 15 is 0 Å². The Hall–Kier alpha value is -1.40. The molecule has 0 bridgehead atoms. The average Bonchev–Trinajstić information content (AvgIpc) is 2.98. The molecule has 2 heterocycles. The van der Waals surface area contributed by atoms with Crippen LogP contribution in [0.3, 0.4) is 0 Å². The van der Waals surface area contributed by atoms with Crippen LogP contribution in [0.5, 0.6) is 0 Å². The topological polar surface area (TPSA) is 67.2 Å². The Morgan fingerprint density at radius 1 is 1.43 bits per heavy atom. The normalized spacial score (nSPS) is 14.6. The molecule has 2 unspecified atom stereocenters. The van der Waals surface area contributed by atoms with Gasteiger partial charge in [0.05, 0.1) is 10.6 Å². The predicted molar refractivity (Wildman–Crippen MR) is 85.9 cm³/mol. The quantitative estimate of drug-likeness (QED) is 0.892. The molecule has 21 heavy (non-hydrogen) atoms. The molecule has 0 aliphatic heterocycles. The molecule has 2 rings (SSSR count). The molecule has 0 saturated carbocycles. The van der Waals surface area contributed by atoms with Crippen molar-refractivity contribution in [2.24, 2.45) is 13.0 Å². The lowest BCUT2D eigenvalue weighted by molar-refractivity contribution is 0.0920. The summed E-state index contributed by atoms with van der Waals surface area (Å²) in [6.07, 6.45) is 0. The van der Waals surface area contributed by atoms with Gasteiger partial charge in [0.25, 0.3) is 5.91 Å². The van der Waals surface area contributed by atoms with Crippen molar-refractivity contribution in [3.05, 3.63) is 16.6 Å². The number of nitrogens with zero attached hydrogens (tertiary/aromatic N) is 2. The molecule has 0 spiro atoms. The van der Waals surface area contributed by atoms with E-state index in [0.29, 0.717) is 10.8 Å². The second kappa shape index (κ2) is 6.15. The summed E-state index contributed by atoms with van der Waals surface area (Å²) in [7, 11) is 1.91. The van der Waals surface area contributed by atoms with E-state index in [-0.39, 0.29) is 24.5 Å². The van der Waals surface area contributed by atoms with Crippen LogP contribution < -0.4 is 5.32 Å². The Balaban J connectivity index is 2.27. The summed E-state index contributed by atoms with van der Waals surface area (Å²) in [5.41, 5.74) is 1.03. The number of carbonyl (C=O) groups excluding carboxylic acids is 1. The summed E-state index contributed by atoms with van der Waals surface area (Å²) in [6, 6.07) is 1.86. The van der Waals surface area contributed by atoms with E-state index in [4.69, 9.17) is 5.11 Å². The summed E-state index contributed by atoms with van der Waals surface area (Å²) in [6.45, 7) is 8.09. The lowest BCUT2D eigenvalue weighted by Crippen LogP contribution is -2.38. The summed E-state index contributed by atoms with van der Waals surface area (Å²) in [4.78, 5) is 14.0. The van der Waals surface area contributed by atoms with Gasteiger partial charge in [0.2, 0.25) is 0 Å². The van der Waals surface area contributed by atoms with Crippen LogP contribution >= 0.6 is 11.3 Å². The zero-order chi connectivity index (χ0) is 15.7. The van der Waals surface area contributed by atoms with E-state index in [1.807, 2.05) is 31.6 Å². The first-order chi connectivity index (χ1) is 9.85. The highest BCUT2D eigenvalue weighted by Crippen LogP contribution is 2.31. The third-order valence-electron chi connectivity index (χ3n) is 3.81. The van der Waals surface area contributed by atoms with Gasteiger partial charge < -0.3 is 10.4 Å². The SMILES string of the molecule is CC(C)c1nn(C)c2sc(C(=O)NC(C)C(C)CO)cc12. The number of aromatic nitrogens is 2. The van der Waals surface area contributed by atoms with Crippen LogP contribution in [0.4, 0.5) is 0 Å². The number of thiophene rings is 1. The molecule has 0 saturated heterocycles. The van der Waals surface area contributed by atoms with Crippen LogP contribution in [0.15, 0.2) is 6.07 Å². The molecule has 0 aliphatic rings. The van der Waals surface area contributed by atoms with Crippen LogP contribution in [0.1, 0.15) is 49.0 Å². The number of fused-ring (bicyclic) bond motifs is 1. The fourth-order valence-electron chi connectivity index (χ4n) is 2.18. The number of hydrogen-bond donors (Lipinski definition) is 2. The molecule has 2 atom stereocenters. The lowest BCUT2D eigenvalue weighted by Gasteiger charge is -2.18. The van der Waals surface area contributed by atoms with Gasteiger partial charge in [0.1, 0.15) is 4.83 Å². The van der Waals surface area contributed by atoms with Crippen LogP contribution in [0.2, 0.25) is 0 Å². The van der Waals surface area contributed by atoms with Gasteiger partial charge in [0, 0.05) is 25.1 Å². The van der Waals surface area contributed by atoms with E-state index in [0.717, 1.165) is 15.9 Å². The van der Waals surface area contributed by atoms with E-state index in [1.54, 1.807) is 0 Å². The number of carbonyl (C=O) groups is 1. The number of hydrogen-bond acceptors (Lipinski definition) is 4. The number of aliphatic hydroxyl groups excluding tert-OH is 1. The highest BCUT2D eigenvalue weighted by atomic mass is 32.1. The van der Waals surface area contributed by atoms with E-state index in [1.165, 1.54) is 11.3 Å². The molecular weight excluding hydrogens is 286 g/mol. The first-order valence-electron chi connectivity index (χ1n) is 7.23. The molecular formula is C15H23N3O2S. The Labute approximate surface area is 129 Å². The molecule has 116 valence electrons. The van der Waals surface area contributed by atoms with Gasteiger partial charge in [-0.1, -0.05) is 20.8 Å². The first kappa shape index (κ1) is 16.0. The fraction of sp³-hybridized carbons (Fsp3) is 0.600. The van der Waals surface area contributed by atoms with Crippen molar-refractivity contribution in [2.45, 2.75) is 39.7 Å². The molecule has 0 aliphatic carbocycles. The minimum atomic E-state index is -0.0845. The zero-order valence-corrected chi connectivity index (χ0v) is 14.0. The number of rotatable bonds is 5. The number of nitrogens with one attached hydrogen (secondary N) is 1. The van der Waals surface area contributed by atoms with Crippen molar-refractivity contribution < 1.29 is 9.90 Å². The third kappa shape index (κ3) is 3.11. The predicted octanol–water partition coefficient (Wildman–Crippen LogP) is 2.50. The Morgan fingerprint density at radius 3 is 2.67 bits per heavy atom. The lowest BCUT2D eigenvalue weighted by atomic mass is 10.1. The van der Waals surface area contributed by atoms with Crippen molar-refractivity contribution in [3.8, 4) is 0 Å². The number of aryl methyl sites for hydroxylation is 1. The maximum absolute atomic E-state index is 12.3. The minimum absolute atomic E-state index is 0.0382. The third-order valence-corrected chi connectivity index (χ3v) is 5.01. The summed E-state index contributed by atoms with van der Waals surface area (Å²) < 4.78 is 1.84. The maximum atomic E-state index is 12.3. The van der Waals surface area contributed by atoms with Crippen LogP contribution in [-0.2, 0) is 7.05 Å². The monoisotopic (exact) mass is 309 g/mol. The van der Waals surface area contributed by atoms with Crippen molar-refractivity contribution in [2.75, 3.05) is 6.61 Å². The molecule has 0 fully saturated rings. The number of amides is 1. The molecule has 2 N–H and O–H groups in total. The largest absolute Gasteiger partial charge is 0.396 e. The van der Waals surface area contributed by atoms with Crippen molar-refractivity contribution >= 4 is 27.5 Å². The van der Waals surface area contributed by atoms with Gasteiger partial charge in [-0.05, 0) is 24.8 Å². The van der Waals surface area contributed by atoms with E-state index in [9.17, 15) is 4.79 Å². The molecule has 2 aromatic rings. The van der Waals surface area contributed by atoms with E-state index in [2.05, 4.69) is 24.3 Å². The second-order valence-corrected chi connectivity index (χ2v) is 6.95. The maximum Gasteiger partial charge on any atom is 0.261 e.